The van der Waals surface area contributed by atoms with Crippen molar-refractivity contribution in [3.8, 4) is 0 Å². The maximum absolute atomic E-state index is 10.7. The van der Waals surface area contributed by atoms with Crippen LogP contribution in [0.5, 0.6) is 0 Å². The van der Waals surface area contributed by atoms with Gasteiger partial charge in [0.25, 0.3) is 0 Å². The van der Waals surface area contributed by atoms with E-state index in [0.717, 1.165) is 12.8 Å². The van der Waals surface area contributed by atoms with Gasteiger partial charge in [-0.1, -0.05) is 6.58 Å². The molecule has 1 amide bonds. The molecular weight excluding hydrogens is 182 g/mol. The average Bonchev–Trinajstić information content (AvgIpc) is 2.12. The number of hydrogen-bond donors (Lipinski definition) is 1. The Bertz CT molecular complexity index is 180. The zero-order valence-corrected chi connectivity index (χ0v) is 9.22. The molecule has 13 heavy (non-hydrogen) atoms. The van der Waals surface area contributed by atoms with Gasteiger partial charge in [0, 0.05) is 12.1 Å². The molecule has 3 radical (unpaired) electrons. The van der Waals surface area contributed by atoms with E-state index in [-0.39, 0.29) is 11.5 Å². The summed E-state index contributed by atoms with van der Waals surface area (Å²) >= 11 is 0. The SMILES string of the molecule is C=CC(=O)NCCCC(C)(C)O[Si]. The molecule has 0 aliphatic carbocycles. The molecule has 0 aliphatic heterocycles. The van der Waals surface area contributed by atoms with E-state index in [1.807, 2.05) is 13.8 Å². The third-order valence-electron chi connectivity index (χ3n) is 1.72. The van der Waals surface area contributed by atoms with Crippen LogP contribution in [-0.2, 0) is 9.22 Å². The topological polar surface area (TPSA) is 38.3 Å². The van der Waals surface area contributed by atoms with Crippen molar-refractivity contribution in [2.24, 2.45) is 0 Å². The Morgan fingerprint density at radius 2 is 2.31 bits per heavy atom. The van der Waals surface area contributed by atoms with Gasteiger partial charge in [0.05, 0.1) is 0 Å². The maximum atomic E-state index is 10.7. The number of carbonyl (C=O) groups is 1. The number of rotatable bonds is 6. The molecule has 0 aromatic rings. The van der Waals surface area contributed by atoms with Crippen LogP contribution in [0.2, 0.25) is 0 Å². The zero-order valence-electron chi connectivity index (χ0n) is 8.22. The molecule has 3 nitrogen and oxygen atoms in total. The van der Waals surface area contributed by atoms with Crippen molar-refractivity contribution in [3.05, 3.63) is 12.7 Å². The Hall–Kier alpha value is -0.613. The Morgan fingerprint density at radius 1 is 1.69 bits per heavy atom. The van der Waals surface area contributed by atoms with Gasteiger partial charge < -0.3 is 9.74 Å². The third kappa shape index (κ3) is 6.54. The molecule has 0 heterocycles. The fourth-order valence-corrected chi connectivity index (χ4v) is 0.951. The van der Waals surface area contributed by atoms with Crippen molar-refractivity contribution in [2.75, 3.05) is 6.54 Å². The lowest BCUT2D eigenvalue weighted by Crippen LogP contribution is -2.27. The Labute approximate surface area is 83.1 Å². The lowest BCUT2D eigenvalue weighted by Gasteiger charge is -2.22. The van der Waals surface area contributed by atoms with Crippen LogP contribution < -0.4 is 5.32 Å². The minimum absolute atomic E-state index is 0.128. The first-order valence-corrected chi connectivity index (χ1v) is 4.67. The summed E-state index contributed by atoms with van der Waals surface area (Å²) in [5, 5.41) is 2.70. The zero-order chi connectivity index (χ0) is 10.3. The summed E-state index contributed by atoms with van der Waals surface area (Å²) in [6, 6.07) is 0. The Kier molecular flexibility index (Phi) is 5.66. The molecule has 0 saturated carbocycles. The molecule has 0 aromatic carbocycles. The van der Waals surface area contributed by atoms with Gasteiger partial charge >= 0.3 is 0 Å². The average molecular weight is 198 g/mol. The minimum Gasteiger partial charge on any atom is -0.414 e. The van der Waals surface area contributed by atoms with Crippen LogP contribution >= 0.6 is 0 Å². The fraction of sp³-hybridized carbons (Fsp3) is 0.667. The van der Waals surface area contributed by atoms with Gasteiger partial charge in [-0.25, -0.2) is 0 Å². The lowest BCUT2D eigenvalue weighted by molar-refractivity contribution is -0.116. The number of carbonyl (C=O) groups excluding carboxylic acids is 1. The van der Waals surface area contributed by atoms with Crippen LogP contribution in [0, 0.1) is 0 Å². The maximum Gasteiger partial charge on any atom is 0.246 e. The second kappa shape index (κ2) is 5.94. The third-order valence-corrected chi connectivity index (χ3v) is 2.27. The summed E-state index contributed by atoms with van der Waals surface area (Å²) in [6.45, 7) is 7.98. The van der Waals surface area contributed by atoms with Gasteiger partial charge in [0.1, 0.15) is 0 Å². The van der Waals surface area contributed by atoms with Gasteiger partial charge in [-0.2, -0.15) is 0 Å². The van der Waals surface area contributed by atoms with Crippen LogP contribution in [0.25, 0.3) is 0 Å². The van der Waals surface area contributed by atoms with E-state index in [0.29, 0.717) is 6.54 Å². The van der Waals surface area contributed by atoms with Gasteiger partial charge in [-0.05, 0) is 32.8 Å². The highest BCUT2D eigenvalue weighted by atomic mass is 28.2. The van der Waals surface area contributed by atoms with Crippen molar-refractivity contribution in [2.45, 2.75) is 32.3 Å². The molecule has 1 N–H and O–H groups in total. The van der Waals surface area contributed by atoms with E-state index < -0.39 is 0 Å². The van der Waals surface area contributed by atoms with Crippen molar-refractivity contribution in [1.29, 1.82) is 0 Å². The molecule has 73 valence electrons. The second-order valence-electron chi connectivity index (χ2n) is 3.46. The van der Waals surface area contributed by atoms with Crippen LogP contribution in [-0.4, -0.2) is 28.5 Å². The molecule has 0 saturated heterocycles. The molecule has 4 heteroatoms. The first-order chi connectivity index (χ1) is 6.02. The van der Waals surface area contributed by atoms with E-state index in [1.54, 1.807) is 0 Å². The molecule has 0 rings (SSSR count). The highest BCUT2D eigenvalue weighted by Gasteiger charge is 2.14. The van der Waals surface area contributed by atoms with E-state index in [9.17, 15) is 4.79 Å². The fourth-order valence-electron chi connectivity index (χ4n) is 0.849. The molecule has 0 spiro atoms. The lowest BCUT2D eigenvalue weighted by atomic mass is 10.0. The summed E-state index contributed by atoms with van der Waals surface area (Å²) in [7, 11) is 3.01. The summed E-state index contributed by atoms with van der Waals surface area (Å²) in [4.78, 5) is 10.7. The molecular formula is C9H16NO2Si. The molecule has 0 aromatic heterocycles. The van der Waals surface area contributed by atoms with E-state index >= 15 is 0 Å². The van der Waals surface area contributed by atoms with Crippen LogP contribution in [0.3, 0.4) is 0 Å². The van der Waals surface area contributed by atoms with Crippen LogP contribution in [0.1, 0.15) is 26.7 Å². The normalized spacial score (nSPS) is 11.0. The summed E-state index contributed by atoms with van der Waals surface area (Å²) in [5.74, 6) is -0.128. The van der Waals surface area contributed by atoms with Crippen molar-refractivity contribution >= 4 is 16.4 Å². The van der Waals surface area contributed by atoms with Gasteiger partial charge in [-0.3, -0.25) is 4.79 Å². The summed E-state index contributed by atoms with van der Waals surface area (Å²) in [5.41, 5.74) is -0.185. The predicted molar refractivity (Wildman–Crippen MR) is 53.4 cm³/mol. The smallest absolute Gasteiger partial charge is 0.246 e. The van der Waals surface area contributed by atoms with Gasteiger partial charge in [0.15, 0.2) is 0 Å². The standard InChI is InChI=1S/C9H16NO2Si/c1-4-8(11)10-7-5-6-9(2,3)12-13/h4H,1,5-7H2,2-3H3,(H,10,11). The minimum atomic E-state index is -0.185. The van der Waals surface area contributed by atoms with Crippen molar-refractivity contribution < 1.29 is 9.22 Å². The second-order valence-corrected chi connectivity index (χ2v) is 3.66. The summed E-state index contributed by atoms with van der Waals surface area (Å²) < 4.78 is 5.04. The quantitative estimate of drug-likeness (QED) is 0.392. The van der Waals surface area contributed by atoms with Crippen LogP contribution in [0.15, 0.2) is 12.7 Å². The van der Waals surface area contributed by atoms with Crippen molar-refractivity contribution in [1.82, 2.24) is 5.32 Å². The summed E-state index contributed by atoms with van der Waals surface area (Å²) in [6.07, 6.45) is 3.04. The predicted octanol–water partition coefficient (Wildman–Crippen LogP) is 0.947. The van der Waals surface area contributed by atoms with Gasteiger partial charge in [-0.15, -0.1) is 0 Å². The highest BCUT2D eigenvalue weighted by Crippen LogP contribution is 2.13. The van der Waals surface area contributed by atoms with E-state index in [4.69, 9.17) is 4.43 Å². The van der Waals surface area contributed by atoms with E-state index in [1.165, 1.54) is 6.08 Å². The largest absolute Gasteiger partial charge is 0.414 e. The Balaban J connectivity index is 3.46. The molecule has 0 unspecified atom stereocenters. The highest BCUT2D eigenvalue weighted by molar-refractivity contribution is 5.98. The number of nitrogens with one attached hydrogen (secondary N) is 1. The number of hydrogen-bond acceptors (Lipinski definition) is 2. The van der Waals surface area contributed by atoms with Crippen molar-refractivity contribution in [3.63, 3.8) is 0 Å². The monoisotopic (exact) mass is 198 g/mol. The van der Waals surface area contributed by atoms with E-state index in [2.05, 4.69) is 22.4 Å². The number of amides is 1. The molecule has 0 aliphatic rings. The molecule has 0 bridgehead atoms. The first-order valence-electron chi connectivity index (χ1n) is 4.27. The van der Waals surface area contributed by atoms with Crippen LogP contribution in [0.4, 0.5) is 0 Å². The molecule has 0 atom stereocenters. The van der Waals surface area contributed by atoms with Gasteiger partial charge in [0.2, 0.25) is 16.4 Å². The Morgan fingerprint density at radius 3 is 2.77 bits per heavy atom. The first kappa shape index (κ1) is 12.4. The molecule has 0 fully saturated rings.